The molecule has 0 aliphatic rings. The van der Waals surface area contributed by atoms with Crippen LogP contribution in [0.25, 0.3) is 0 Å². The molecule has 1 aromatic rings. The fraction of sp³-hybridized carbons (Fsp3) is 0.333. The number of hydrogen-bond donors (Lipinski definition) is 0. The zero-order chi connectivity index (χ0) is 15.3. The van der Waals surface area contributed by atoms with E-state index in [0.717, 1.165) is 12.1 Å². The summed E-state index contributed by atoms with van der Waals surface area (Å²) in [5, 5.41) is 0. The molecule has 0 unspecified atom stereocenters. The third-order valence-corrected chi connectivity index (χ3v) is 3.60. The molecule has 0 heterocycles. The normalized spacial score (nSPS) is 11.2. The van der Waals surface area contributed by atoms with Gasteiger partial charge in [-0.3, -0.25) is 9.59 Å². The molecule has 1 aromatic carbocycles. The van der Waals surface area contributed by atoms with Crippen LogP contribution in [0.15, 0.2) is 18.2 Å². The maximum absolute atomic E-state index is 13.3. The summed E-state index contributed by atoms with van der Waals surface area (Å²) in [5.41, 5.74) is -0.543. The predicted molar refractivity (Wildman–Crippen MR) is 66.0 cm³/mol. The molecule has 0 radical (unpaired) electrons. The second-order valence-electron chi connectivity index (χ2n) is 3.88. The van der Waals surface area contributed by atoms with E-state index in [4.69, 9.17) is 0 Å². The molecule has 0 aliphatic carbocycles. The summed E-state index contributed by atoms with van der Waals surface area (Å²) in [6.07, 6.45) is 0. The molecule has 1 rings (SSSR count). The molecule has 0 N–H and O–H groups in total. The first-order valence-electron chi connectivity index (χ1n) is 5.59. The number of halogens is 2. The minimum absolute atomic E-state index is 0.00882. The molecular weight excluding hydrogens is 294 g/mol. The molecule has 110 valence electrons. The number of hydrogen-bond acceptors (Lipinski definition) is 5. The molecule has 8 heteroatoms. The Morgan fingerprint density at radius 3 is 2.40 bits per heavy atom. The summed E-state index contributed by atoms with van der Waals surface area (Å²) in [7, 11) is -4.06. The lowest BCUT2D eigenvalue weighted by Crippen LogP contribution is -2.25. The van der Waals surface area contributed by atoms with Gasteiger partial charge in [0, 0.05) is 6.07 Å². The Labute approximate surface area is 114 Å². The molecule has 0 atom stereocenters. The number of benzene rings is 1. The largest absolute Gasteiger partial charge is 0.465 e. The summed E-state index contributed by atoms with van der Waals surface area (Å²) in [5.74, 6) is -6.08. The molecule has 0 aromatic heterocycles. The maximum atomic E-state index is 13.3. The SMILES string of the molecule is CCOC(=O)CS(=O)(=O)CC(=O)c1ccc(F)cc1F. The van der Waals surface area contributed by atoms with E-state index in [0.29, 0.717) is 6.07 Å². The van der Waals surface area contributed by atoms with Crippen molar-refractivity contribution >= 4 is 21.6 Å². The van der Waals surface area contributed by atoms with Gasteiger partial charge in [0.15, 0.2) is 15.6 Å². The van der Waals surface area contributed by atoms with E-state index in [9.17, 15) is 26.8 Å². The lowest BCUT2D eigenvalue weighted by molar-refractivity contribution is -0.139. The van der Waals surface area contributed by atoms with Gasteiger partial charge in [-0.25, -0.2) is 17.2 Å². The minimum atomic E-state index is -4.06. The number of carbonyl (C=O) groups excluding carboxylic acids is 2. The second kappa shape index (κ2) is 6.56. The van der Waals surface area contributed by atoms with Crippen molar-refractivity contribution in [3.8, 4) is 0 Å². The van der Waals surface area contributed by atoms with Crippen LogP contribution in [-0.2, 0) is 19.4 Å². The van der Waals surface area contributed by atoms with Gasteiger partial charge in [-0.2, -0.15) is 0 Å². The van der Waals surface area contributed by atoms with E-state index in [1.54, 1.807) is 0 Å². The Bertz CT molecular complexity index is 625. The molecule has 0 fully saturated rings. The van der Waals surface area contributed by atoms with Gasteiger partial charge in [0.2, 0.25) is 0 Å². The van der Waals surface area contributed by atoms with Crippen LogP contribution in [0, 0.1) is 11.6 Å². The monoisotopic (exact) mass is 306 g/mol. The Hall–Kier alpha value is -1.83. The van der Waals surface area contributed by atoms with Gasteiger partial charge < -0.3 is 4.74 Å². The van der Waals surface area contributed by atoms with Gasteiger partial charge in [0.25, 0.3) is 0 Å². The minimum Gasteiger partial charge on any atom is -0.465 e. The molecule has 0 bridgehead atoms. The van der Waals surface area contributed by atoms with Crippen LogP contribution in [-0.4, -0.2) is 38.3 Å². The lowest BCUT2D eigenvalue weighted by atomic mass is 10.1. The smallest absolute Gasteiger partial charge is 0.321 e. The summed E-state index contributed by atoms with van der Waals surface area (Å²) in [4.78, 5) is 22.7. The quantitative estimate of drug-likeness (QED) is 0.581. The number of ketones is 1. The fourth-order valence-electron chi connectivity index (χ4n) is 1.43. The van der Waals surface area contributed by atoms with E-state index >= 15 is 0 Å². The summed E-state index contributed by atoms with van der Waals surface area (Å²) >= 11 is 0. The van der Waals surface area contributed by atoms with Gasteiger partial charge in [0.05, 0.1) is 12.2 Å². The van der Waals surface area contributed by atoms with Gasteiger partial charge in [-0.05, 0) is 19.1 Å². The topological polar surface area (TPSA) is 77.5 Å². The van der Waals surface area contributed by atoms with Crippen molar-refractivity contribution in [1.29, 1.82) is 0 Å². The Morgan fingerprint density at radius 2 is 1.85 bits per heavy atom. The fourth-order valence-corrected chi connectivity index (χ4v) is 2.53. The molecule has 20 heavy (non-hydrogen) atoms. The molecule has 0 spiro atoms. The highest BCUT2D eigenvalue weighted by atomic mass is 32.2. The van der Waals surface area contributed by atoms with E-state index in [-0.39, 0.29) is 6.61 Å². The first-order chi connectivity index (χ1) is 9.25. The number of sulfone groups is 1. The number of Topliss-reactive ketones (excluding diaryl/α,β-unsaturated/α-hetero) is 1. The summed E-state index contributed by atoms with van der Waals surface area (Å²) in [6.45, 7) is 1.51. The second-order valence-corrected chi connectivity index (χ2v) is 5.95. The Kier molecular flexibility index (Phi) is 5.32. The highest BCUT2D eigenvalue weighted by Crippen LogP contribution is 2.11. The van der Waals surface area contributed by atoms with E-state index in [1.165, 1.54) is 6.92 Å². The van der Waals surface area contributed by atoms with Crippen LogP contribution in [0.1, 0.15) is 17.3 Å². The standard InChI is InChI=1S/C12H12F2O5S/c1-2-19-12(16)7-20(17,18)6-11(15)9-4-3-8(13)5-10(9)14/h3-5H,2,6-7H2,1H3. The third-order valence-electron chi connectivity index (χ3n) is 2.23. The van der Waals surface area contributed by atoms with Crippen molar-refractivity contribution in [2.24, 2.45) is 0 Å². The maximum Gasteiger partial charge on any atom is 0.321 e. The van der Waals surface area contributed by atoms with Crippen LogP contribution in [0.4, 0.5) is 8.78 Å². The number of ether oxygens (including phenoxy) is 1. The van der Waals surface area contributed by atoms with Crippen molar-refractivity contribution in [3.05, 3.63) is 35.4 Å². The highest BCUT2D eigenvalue weighted by molar-refractivity contribution is 7.92. The number of rotatable bonds is 6. The van der Waals surface area contributed by atoms with E-state index < -0.39 is 50.3 Å². The van der Waals surface area contributed by atoms with Gasteiger partial charge >= 0.3 is 5.97 Å². The first-order valence-corrected chi connectivity index (χ1v) is 7.41. The molecule has 5 nitrogen and oxygen atoms in total. The van der Waals surface area contributed by atoms with Crippen LogP contribution in [0.3, 0.4) is 0 Å². The molecule has 0 amide bonds. The van der Waals surface area contributed by atoms with Crippen LogP contribution in [0.5, 0.6) is 0 Å². The number of carbonyl (C=O) groups is 2. The van der Waals surface area contributed by atoms with Crippen LogP contribution in [0.2, 0.25) is 0 Å². The van der Waals surface area contributed by atoms with Gasteiger partial charge in [-0.15, -0.1) is 0 Å². The van der Waals surface area contributed by atoms with E-state index in [2.05, 4.69) is 4.74 Å². The highest BCUT2D eigenvalue weighted by Gasteiger charge is 2.24. The van der Waals surface area contributed by atoms with Crippen molar-refractivity contribution in [3.63, 3.8) is 0 Å². The molecular formula is C12H12F2O5S. The summed E-state index contributed by atoms with van der Waals surface area (Å²) in [6, 6.07) is 2.17. The zero-order valence-corrected chi connectivity index (χ0v) is 11.4. The van der Waals surface area contributed by atoms with E-state index in [1.807, 2.05) is 0 Å². The molecule has 0 saturated heterocycles. The Morgan fingerprint density at radius 1 is 1.20 bits per heavy atom. The van der Waals surface area contributed by atoms with Gasteiger partial charge in [0.1, 0.15) is 23.1 Å². The Balaban J connectivity index is 2.82. The van der Waals surface area contributed by atoms with Crippen molar-refractivity contribution in [2.45, 2.75) is 6.92 Å². The summed E-state index contributed by atoms with van der Waals surface area (Å²) < 4.78 is 53.6. The lowest BCUT2D eigenvalue weighted by Gasteiger charge is -2.05. The van der Waals surface area contributed by atoms with Crippen molar-refractivity contribution in [1.82, 2.24) is 0 Å². The van der Waals surface area contributed by atoms with Crippen molar-refractivity contribution in [2.75, 3.05) is 18.1 Å². The van der Waals surface area contributed by atoms with Crippen LogP contribution < -0.4 is 0 Å². The molecule has 0 aliphatic heterocycles. The van der Waals surface area contributed by atoms with Crippen LogP contribution >= 0.6 is 0 Å². The van der Waals surface area contributed by atoms with Crippen molar-refractivity contribution < 1.29 is 31.5 Å². The average molecular weight is 306 g/mol. The average Bonchev–Trinajstić information content (AvgIpc) is 2.26. The van der Waals surface area contributed by atoms with Gasteiger partial charge in [-0.1, -0.05) is 0 Å². The third kappa shape index (κ3) is 4.69. The predicted octanol–water partition coefficient (Wildman–Crippen LogP) is 1.13. The zero-order valence-electron chi connectivity index (χ0n) is 10.6. The molecule has 0 saturated carbocycles. The first kappa shape index (κ1) is 16.2. The number of esters is 1.